The summed E-state index contributed by atoms with van der Waals surface area (Å²) in [7, 11) is 2.04. The van der Waals surface area contributed by atoms with Crippen molar-refractivity contribution in [3.63, 3.8) is 0 Å². The van der Waals surface area contributed by atoms with Crippen LogP contribution < -0.4 is 21.7 Å². The monoisotopic (exact) mass is 559 g/mol. The van der Waals surface area contributed by atoms with Crippen LogP contribution in [0.4, 0.5) is 28.7 Å². The molecule has 1 aromatic heterocycles. The first-order chi connectivity index (χ1) is 19.4. The van der Waals surface area contributed by atoms with Crippen molar-refractivity contribution in [3.05, 3.63) is 78.6 Å². The van der Waals surface area contributed by atoms with E-state index in [1.165, 1.54) is 6.33 Å². The molecule has 0 fully saturated rings. The Bertz CT molecular complexity index is 1310. The summed E-state index contributed by atoms with van der Waals surface area (Å²) in [4.78, 5) is 23.4. The Hall–Kier alpha value is -3.79. The van der Waals surface area contributed by atoms with Gasteiger partial charge in [0.25, 0.3) is 0 Å². The van der Waals surface area contributed by atoms with Crippen molar-refractivity contribution in [2.45, 2.75) is 34.6 Å². The third-order valence-corrected chi connectivity index (χ3v) is 6.28. The normalized spacial score (nSPS) is 12.1. The van der Waals surface area contributed by atoms with E-state index >= 15 is 0 Å². The SMILES string of the molecule is Cc1cccc(Nc2cc(Nc3cccc(NC(=O)/C=C/CN(C)CC(C)(C)COCC(C)(C)CN)c3)ncn2)c1. The smallest absolute Gasteiger partial charge is 0.248 e. The van der Waals surface area contributed by atoms with Gasteiger partial charge in [-0.1, -0.05) is 52.0 Å². The number of hydrogen-bond acceptors (Lipinski definition) is 8. The number of ether oxygens (including phenoxy) is 1. The first-order valence-electron chi connectivity index (χ1n) is 13.9. The quantitative estimate of drug-likeness (QED) is 0.175. The van der Waals surface area contributed by atoms with Gasteiger partial charge in [-0.25, -0.2) is 9.97 Å². The van der Waals surface area contributed by atoms with Crippen LogP contribution in [0.1, 0.15) is 33.3 Å². The zero-order valence-electron chi connectivity index (χ0n) is 25.2. The molecule has 5 N–H and O–H groups in total. The minimum Gasteiger partial charge on any atom is -0.380 e. The lowest BCUT2D eigenvalue weighted by Gasteiger charge is -2.31. The lowest BCUT2D eigenvalue weighted by molar-refractivity contribution is -0.111. The highest BCUT2D eigenvalue weighted by atomic mass is 16.5. The van der Waals surface area contributed by atoms with E-state index in [2.05, 4.69) is 64.6 Å². The number of rotatable bonds is 15. The number of carbonyl (C=O) groups excluding carboxylic acids is 1. The summed E-state index contributed by atoms with van der Waals surface area (Å²) in [5.41, 5.74) is 9.35. The first-order valence-corrected chi connectivity index (χ1v) is 13.9. The van der Waals surface area contributed by atoms with Crippen molar-refractivity contribution in [3.8, 4) is 0 Å². The van der Waals surface area contributed by atoms with Crippen molar-refractivity contribution in [2.24, 2.45) is 16.6 Å². The Balaban J connectivity index is 1.47. The number of likely N-dealkylation sites (N-methyl/N-ethyl adjacent to an activating group) is 1. The van der Waals surface area contributed by atoms with Crippen molar-refractivity contribution in [2.75, 3.05) is 55.8 Å². The van der Waals surface area contributed by atoms with Crippen LogP contribution in [-0.2, 0) is 9.53 Å². The highest BCUT2D eigenvalue weighted by molar-refractivity contribution is 5.99. The highest BCUT2D eigenvalue weighted by Crippen LogP contribution is 2.23. The van der Waals surface area contributed by atoms with Gasteiger partial charge in [0.1, 0.15) is 18.0 Å². The summed E-state index contributed by atoms with van der Waals surface area (Å²) in [6, 6.07) is 17.4. The van der Waals surface area contributed by atoms with Gasteiger partial charge >= 0.3 is 0 Å². The average Bonchev–Trinajstić information content (AvgIpc) is 2.88. The van der Waals surface area contributed by atoms with E-state index in [1.807, 2.05) is 68.6 Å². The summed E-state index contributed by atoms with van der Waals surface area (Å²) in [6.45, 7) is 14.0. The number of nitrogens with two attached hydrogens (primary N) is 1. The van der Waals surface area contributed by atoms with Gasteiger partial charge in [0, 0.05) is 53.1 Å². The number of aryl methyl sites for hydroxylation is 1. The molecule has 3 rings (SSSR count). The second-order valence-electron chi connectivity index (χ2n) is 12.1. The van der Waals surface area contributed by atoms with E-state index in [0.29, 0.717) is 43.6 Å². The van der Waals surface area contributed by atoms with Crippen LogP contribution in [0.2, 0.25) is 0 Å². The fourth-order valence-corrected chi connectivity index (χ4v) is 4.21. The van der Waals surface area contributed by atoms with Crippen LogP contribution in [0.15, 0.2) is 73.1 Å². The van der Waals surface area contributed by atoms with Crippen LogP contribution in [0.3, 0.4) is 0 Å². The topological polar surface area (TPSA) is 117 Å². The highest BCUT2D eigenvalue weighted by Gasteiger charge is 2.23. The fourth-order valence-electron chi connectivity index (χ4n) is 4.21. The van der Waals surface area contributed by atoms with Crippen LogP contribution in [-0.4, -0.2) is 60.7 Å². The molecule has 2 aromatic carbocycles. The summed E-state index contributed by atoms with van der Waals surface area (Å²) in [5.74, 6) is 1.13. The minimum atomic E-state index is -0.186. The van der Waals surface area contributed by atoms with Crippen LogP contribution >= 0.6 is 0 Å². The Morgan fingerprint density at radius 3 is 2.20 bits per heavy atom. The van der Waals surface area contributed by atoms with Crippen molar-refractivity contribution < 1.29 is 9.53 Å². The van der Waals surface area contributed by atoms with Gasteiger partial charge in [-0.2, -0.15) is 0 Å². The molecule has 41 heavy (non-hydrogen) atoms. The maximum atomic E-state index is 12.6. The minimum absolute atomic E-state index is 0.0214. The molecular formula is C32H45N7O2. The summed E-state index contributed by atoms with van der Waals surface area (Å²) >= 11 is 0. The lowest BCUT2D eigenvalue weighted by atomic mass is 9.93. The van der Waals surface area contributed by atoms with E-state index < -0.39 is 0 Å². The molecule has 3 aromatic rings. The van der Waals surface area contributed by atoms with Gasteiger partial charge in [0.2, 0.25) is 5.91 Å². The third kappa shape index (κ3) is 11.7. The Labute approximate surface area is 244 Å². The number of carbonyl (C=O) groups is 1. The number of hydrogen-bond donors (Lipinski definition) is 4. The number of anilines is 5. The predicted octanol–water partition coefficient (Wildman–Crippen LogP) is 5.73. The molecule has 1 heterocycles. The largest absolute Gasteiger partial charge is 0.380 e. The Morgan fingerprint density at radius 2 is 1.54 bits per heavy atom. The molecule has 0 bridgehead atoms. The van der Waals surface area contributed by atoms with Gasteiger partial charge in [-0.05, 0) is 56.4 Å². The molecule has 0 spiro atoms. The second-order valence-corrected chi connectivity index (χ2v) is 12.1. The average molecular weight is 560 g/mol. The molecule has 9 heteroatoms. The second kappa shape index (κ2) is 14.7. The molecule has 9 nitrogen and oxygen atoms in total. The van der Waals surface area contributed by atoms with Gasteiger partial charge in [-0.3, -0.25) is 4.79 Å². The molecule has 0 aliphatic rings. The van der Waals surface area contributed by atoms with Gasteiger partial charge < -0.3 is 31.3 Å². The molecular weight excluding hydrogens is 514 g/mol. The van der Waals surface area contributed by atoms with Crippen LogP contribution in [0.25, 0.3) is 0 Å². The maximum Gasteiger partial charge on any atom is 0.248 e. The number of aromatic nitrogens is 2. The Kier molecular flexibility index (Phi) is 11.4. The molecule has 0 aliphatic carbocycles. The molecule has 0 radical (unpaired) electrons. The van der Waals surface area contributed by atoms with Crippen molar-refractivity contribution >= 4 is 34.6 Å². The van der Waals surface area contributed by atoms with E-state index in [0.717, 1.165) is 23.5 Å². The fraction of sp³-hybridized carbons (Fsp3) is 0.406. The molecule has 0 saturated heterocycles. The van der Waals surface area contributed by atoms with E-state index in [9.17, 15) is 4.79 Å². The van der Waals surface area contributed by atoms with E-state index in [1.54, 1.807) is 6.08 Å². The number of nitrogens with zero attached hydrogens (tertiary/aromatic N) is 3. The van der Waals surface area contributed by atoms with E-state index in [-0.39, 0.29) is 16.7 Å². The number of amides is 1. The van der Waals surface area contributed by atoms with Crippen molar-refractivity contribution in [1.29, 1.82) is 0 Å². The first kappa shape index (κ1) is 31.7. The standard InChI is InChI=1S/C32H45N7O2/c1-24-10-7-11-25(16-24)36-28-18-29(35-23-34-28)37-26-12-8-13-27(17-26)38-30(40)14-9-15-39(6)20-32(4,5)22-41-21-31(2,3)19-33/h7-14,16-18,23H,15,19-22,33H2,1-6H3,(H,38,40)(H2,34,35,36,37)/b14-9+. The summed E-state index contributed by atoms with van der Waals surface area (Å²) in [6.07, 6.45) is 4.94. The molecule has 220 valence electrons. The van der Waals surface area contributed by atoms with Crippen LogP contribution in [0.5, 0.6) is 0 Å². The number of benzene rings is 2. The molecule has 0 unspecified atom stereocenters. The lowest BCUT2D eigenvalue weighted by Crippen LogP contribution is -2.37. The predicted molar refractivity (Wildman–Crippen MR) is 169 cm³/mol. The zero-order chi connectivity index (χ0) is 29.9. The van der Waals surface area contributed by atoms with Crippen LogP contribution in [0, 0.1) is 17.8 Å². The van der Waals surface area contributed by atoms with Gasteiger partial charge in [0.15, 0.2) is 0 Å². The molecule has 0 aliphatic heterocycles. The van der Waals surface area contributed by atoms with E-state index in [4.69, 9.17) is 10.5 Å². The molecule has 0 atom stereocenters. The maximum absolute atomic E-state index is 12.6. The molecule has 0 saturated carbocycles. The summed E-state index contributed by atoms with van der Waals surface area (Å²) in [5, 5.41) is 9.50. The zero-order valence-corrected chi connectivity index (χ0v) is 25.2. The van der Waals surface area contributed by atoms with Crippen molar-refractivity contribution in [1.82, 2.24) is 14.9 Å². The summed E-state index contributed by atoms with van der Waals surface area (Å²) < 4.78 is 5.94. The third-order valence-electron chi connectivity index (χ3n) is 6.28. The Morgan fingerprint density at radius 1 is 0.927 bits per heavy atom. The molecule has 1 amide bonds. The number of nitrogens with one attached hydrogen (secondary N) is 3. The van der Waals surface area contributed by atoms with Gasteiger partial charge in [0.05, 0.1) is 13.2 Å². The van der Waals surface area contributed by atoms with Gasteiger partial charge in [-0.15, -0.1) is 0 Å².